The molecule has 2 aromatic heterocycles. The molecule has 1 fully saturated rings. The maximum Gasteiger partial charge on any atom is 0.253 e. The van der Waals surface area contributed by atoms with Gasteiger partial charge in [0.2, 0.25) is 5.95 Å². The van der Waals surface area contributed by atoms with Gasteiger partial charge in [-0.1, -0.05) is 18.9 Å². The van der Waals surface area contributed by atoms with Gasteiger partial charge in [0.1, 0.15) is 5.69 Å². The molecule has 6 nitrogen and oxygen atoms in total. The van der Waals surface area contributed by atoms with Crippen LogP contribution in [-0.4, -0.2) is 26.9 Å². The average Bonchev–Trinajstić information content (AvgIpc) is 3.52. The van der Waals surface area contributed by atoms with Crippen molar-refractivity contribution < 1.29 is 4.74 Å². The molecular formula is C20H26N4O2S. The highest BCUT2D eigenvalue weighted by Gasteiger charge is 2.25. The number of ether oxygens (including phenoxy) is 1. The smallest absolute Gasteiger partial charge is 0.253 e. The summed E-state index contributed by atoms with van der Waals surface area (Å²) in [6.45, 7) is 2.79. The molecular weight excluding hydrogens is 360 g/mol. The third-order valence-electron chi connectivity index (χ3n) is 5.18. The van der Waals surface area contributed by atoms with Crippen molar-refractivity contribution in [3.8, 4) is 17.0 Å². The maximum absolute atomic E-state index is 12.6. The van der Waals surface area contributed by atoms with Crippen LogP contribution in [-0.2, 0) is 19.9 Å². The van der Waals surface area contributed by atoms with Gasteiger partial charge in [0, 0.05) is 30.1 Å². The van der Waals surface area contributed by atoms with E-state index in [9.17, 15) is 4.79 Å². The molecule has 0 radical (unpaired) electrons. The van der Waals surface area contributed by atoms with Crippen LogP contribution in [0.1, 0.15) is 43.7 Å². The van der Waals surface area contributed by atoms with Crippen molar-refractivity contribution in [3.63, 3.8) is 0 Å². The number of fused-ring (bicyclic) bond motifs is 1. The zero-order chi connectivity index (χ0) is 18.8. The largest absolute Gasteiger partial charge is 0.489 e. The van der Waals surface area contributed by atoms with E-state index in [0.29, 0.717) is 24.2 Å². The number of nitrogens with one attached hydrogen (secondary N) is 1. The fourth-order valence-corrected chi connectivity index (χ4v) is 3.90. The highest BCUT2D eigenvalue weighted by Crippen LogP contribution is 2.36. The summed E-state index contributed by atoms with van der Waals surface area (Å²) in [5.74, 6) is 2.86. The normalized spacial score (nSPS) is 16.1. The highest BCUT2D eigenvalue weighted by atomic mass is 32.2. The van der Waals surface area contributed by atoms with Gasteiger partial charge in [-0.05, 0) is 50.0 Å². The molecule has 27 heavy (non-hydrogen) atoms. The van der Waals surface area contributed by atoms with Crippen LogP contribution in [0.3, 0.4) is 0 Å². The summed E-state index contributed by atoms with van der Waals surface area (Å²) in [7, 11) is 1.82. The first-order valence-electron chi connectivity index (χ1n) is 9.76. The van der Waals surface area contributed by atoms with E-state index in [0.717, 1.165) is 53.8 Å². The molecule has 4 rings (SSSR count). The lowest BCUT2D eigenvalue weighted by Gasteiger charge is -2.21. The third-order valence-corrected chi connectivity index (χ3v) is 5.80. The van der Waals surface area contributed by atoms with Crippen LogP contribution in [0.5, 0.6) is 5.75 Å². The Labute approximate surface area is 163 Å². The Kier molecular flexibility index (Phi) is 5.38. The van der Waals surface area contributed by atoms with Gasteiger partial charge in [-0.3, -0.25) is 9.52 Å². The first kappa shape index (κ1) is 18.3. The van der Waals surface area contributed by atoms with E-state index < -0.39 is 0 Å². The maximum atomic E-state index is 12.6. The minimum atomic E-state index is 0.114. The molecule has 7 heteroatoms. The van der Waals surface area contributed by atoms with Crippen LogP contribution in [0, 0.1) is 5.92 Å². The molecule has 0 unspecified atom stereocenters. The molecule has 2 aliphatic rings. The second-order valence-corrected chi connectivity index (χ2v) is 8.39. The zero-order valence-electron chi connectivity index (χ0n) is 16.0. The first-order valence-corrected chi connectivity index (χ1v) is 10.7. The Morgan fingerprint density at radius 2 is 2.07 bits per heavy atom. The second kappa shape index (κ2) is 7.92. The van der Waals surface area contributed by atoms with Crippen molar-refractivity contribution in [3.05, 3.63) is 33.9 Å². The molecule has 0 saturated heterocycles. The topological polar surface area (TPSA) is 69.0 Å². The second-order valence-electron chi connectivity index (χ2n) is 7.32. The lowest BCUT2D eigenvalue weighted by atomic mass is 9.88. The van der Waals surface area contributed by atoms with Crippen LogP contribution in [0.15, 0.2) is 17.2 Å². The molecule has 0 aromatic carbocycles. The number of hydrogen-bond donors (Lipinski definition) is 1. The Balaban J connectivity index is 1.80. The minimum absolute atomic E-state index is 0.114. The lowest BCUT2D eigenvalue weighted by Crippen LogP contribution is -2.25. The summed E-state index contributed by atoms with van der Waals surface area (Å²) in [6.07, 6.45) is 10.1. The summed E-state index contributed by atoms with van der Waals surface area (Å²) in [6, 6.07) is 0. The van der Waals surface area contributed by atoms with Gasteiger partial charge in [0.05, 0.1) is 12.8 Å². The molecule has 1 saturated carbocycles. The van der Waals surface area contributed by atoms with Crippen molar-refractivity contribution >= 4 is 17.9 Å². The number of aromatic nitrogens is 3. The van der Waals surface area contributed by atoms with Crippen molar-refractivity contribution in [2.24, 2.45) is 13.0 Å². The van der Waals surface area contributed by atoms with Crippen molar-refractivity contribution in [2.45, 2.75) is 45.4 Å². The lowest BCUT2D eigenvalue weighted by molar-refractivity contribution is 0.299. The van der Waals surface area contributed by atoms with Crippen LogP contribution in [0.4, 0.5) is 5.95 Å². The van der Waals surface area contributed by atoms with E-state index >= 15 is 0 Å². The number of aryl methyl sites for hydroxylation is 1. The quantitative estimate of drug-likeness (QED) is 0.734. The highest BCUT2D eigenvalue weighted by molar-refractivity contribution is 8.00. The Morgan fingerprint density at radius 1 is 1.30 bits per heavy atom. The summed E-state index contributed by atoms with van der Waals surface area (Å²) in [5, 5.41) is 0. The minimum Gasteiger partial charge on any atom is -0.489 e. The zero-order valence-corrected chi connectivity index (χ0v) is 16.8. The third kappa shape index (κ3) is 3.98. The standard InChI is InChI=1S/C20H26N4O2S/c1-3-27-23-20-21-10-17(26-12-13-8-9-13)18(22-20)16-11-24(2)19(25)15-7-5-4-6-14(15)16/h10-11,13H,3-9,12H2,1-2H3,(H,21,22,23). The predicted molar refractivity (Wildman–Crippen MR) is 109 cm³/mol. The molecule has 2 heterocycles. The monoisotopic (exact) mass is 386 g/mol. The number of hydrogen-bond acceptors (Lipinski definition) is 6. The summed E-state index contributed by atoms with van der Waals surface area (Å²) < 4.78 is 11.0. The van der Waals surface area contributed by atoms with E-state index in [4.69, 9.17) is 9.72 Å². The van der Waals surface area contributed by atoms with Gasteiger partial charge >= 0.3 is 0 Å². The van der Waals surface area contributed by atoms with Crippen molar-refractivity contribution in [1.82, 2.24) is 14.5 Å². The number of pyridine rings is 1. The molecule has 2 aliphatic carbocycles. The average molecular weight is 387 g/mol. The van der Waals surface area contributed by atoms with E-state index in [1.807, 2.05) is 13.2 Å². The summed E-state index contributed by atoms with van der Waals surface area (Å²) in [4.78, 5) is 21.8. The van der Waals surface area contributed by atoms with Crippen LogP contribution >= 0.6 is 11.9 Å². The van der Waals surface area contributed by atoms with Crippen LogP contribution in [0.25, 0.3) is 11.3 Å². The van der Waals surface area contributed by atoms with E-state index in [1.165, 1.54) is 12.8 Å². The summed E-state index contributed by atoms with van der Waals surface area (Å²) in [5.41, 5.74) is 3.98. The molecule has 0 atom stereocenters. The fraction of sp³-hybridized carbons (Fsp3) is 0.550. The van der Waals surface area contributed by atoms with Gasteiger partial charge in [0.25, 0.3) is 5.56 Å². The molecule has 144 valence electrons. The van der Waals surface area contributed by atoms with E-state index in [-0.39, 0.29) is 5.56 Å². The van der Waals surface area contributed by atoms with E-state index in [2.05, 4.69) is 16.6 Å². The Bertz CT molecular complexity index is 892. The fourth-order valence-electron chi connectivity index (χ4n) is 3.53. The number of rotatable bonds is 7. The van der Waals surface area contributed by atoms with Crippen molar-refractivity contribution in [1.29, 1.82) is 0 Å². The molecule has 0 amide bonds. The van der Waals surface area contributed by atoms with Gasteiger partial charge in [0.15, 0.2) is 5.75 Å². The van der Waals surface area contributed by atoms with Crippen LogP contribution in [0.2, 0.25) is 0 Å². The molecule has 0 aliphatic heterocycles. The van der Waals surface area contributed by atoms with Crippen LogP contribution < -0.4 is 15.0 Å². The van der Waals surface area contributed by atoms with Gasteiger partial charge in [-0.25, -0.2) is 9.97 Å². The molecule has 0 bridgehead atoms. The SMILES string of the molecule is CCSNc1ncc(OCC2CC2)c(-c2cn(C)c(=O)c3c2CCCC3)n1. The Hall–Kier alpha value is -2.02. The summed E-state index contributed by atoms with van der Waals surface area (Å²) >= 11 is 1.56. The molecule has 0 spiro atoms. The number of nitrogens with zero attached hydrogens (tertiary/aromatic N) is 3. The molecule has 1 N–H and O–H groups in total. The molecule has 2 aromatic rings. The number of anilines is 1. The van der Waals surface area contributed by atoms with Gasteiger partial charge in [-0.2, -0.15) is 0 Å². The van der Waals surface area contributed by atoms with Gasteiger partial charge < -0.3 is 9.30 Å². The van der Waals surface area contributed by atoms with Gasteiger partial charge in [-0.15, -0.1) is 0 Å². The van der Waals surface area contributed by atoms with Crippen molar-refractivity contribution in [2.75, 3.05) is 17.1 Å². The van der Waals surface area contributed by atoms with E-state index in [1.54, 1.807) is 22.7 Å². The Morgan fingerprint density at radius 3 is 2.81 bits per heavy atom. The predicted octanol–water partition coefficient (Wildman–Crippen LogP) is 3.59. The first-order chi connectivity index (χ1) is 13.2.